The van der Waals surface area contributed by atoms with Crippen molar-refractivity contribution < 1.29 is 4.74 Å². The zero-order valence-corrected chi connectivity index (χ0v) is 11.4. The largest absolute Gasteiger partial charge is 0.494 e. The maximum Gasteiger partial charge on any atom is 0.161 e. The average Bonchev–Trinajstić information content (AvgIpc) is 2.42. The molecule has 0 atom stereocenters. The van der Waals surface area contributed by atoms with Gasteiger partial charge in [-0.15, -0.1) is 0 Å². The van der Waals surface area contributed by atoms with E-state index >= 15 is 0 Å². The molecule has 0 unspecified atom stereocenters. The van der Waals surface area contributed by atoms with Crippen LogP contribution in [0.1, 0.15) is 18.2 Å². The molecule has 5 nitrogen and oxygen atoms in total. The minimum atomic E-state index is 0.632. The highest BCUT2D eigenvalue weighted by atomic mass is 16.5. The molecule has 0 fully saturated rings. The molecule has 0 bridgehead atoms. The quantitative estimate of drug-likeness (QED) is 0.651. The molecule has 100 valence electrons. The number of ether oxygens (including phenoxy) is 1. The second-order valence-electron chi connectivity index (χ2n) is 4.21. The zero-order chi connectivity index (χ0) is 13.8. The number of rotatable bonds is 4. The van der Waals surface area contributed by atoms with E-state index < -0.39 is 0 Å². The normalized spacial score (nSPS) is 10.3. The minimum absolute atomic E-state index is 0.632. The molecular formula is C14H18N4O. The molecule has 0 amide bonds. The predicted molar refractivity (Wildman–Crippen MR) is 75.9 cm³/mol. The van der Waals surface area contributed by atoms with Gasteiger partial charge in [0.1, 0.15) is 11.6 Å². The highest BCUT2D eigenvalue weighted by Gasteiger charge is 2.09. The van der Waals surface area contributed by atoms with Gasteiger partial charge < -0.3 is 10.2 Å². The van der Waals surface area contributed by atoms with E-state index in [1.54, 1.807) is 0 Å². The van der Waals surface area contributed by atoms with E-state index in [1.165, 1.54) is 0 Å². The highest BCUT2D eigenvalue weighted by Crippen LogP contribution is 2.24. The van der Waals surface area contributed by atoms with Gasteiger partial charge in [0.05, 0.1) is 6.61 Å². The number of nitrogens with zero attached hydrogens (tertiary/aromatic N) is 2. The van der Waals surface area contributed by atoms with Crippen LogP contribution in [0.2, 0.25) is 0 Å². The fourth-order valence-corrected chi connectivity index (χ4v) is 1.79. The number of anilines is 1. The van der Waals surface area contributed by atoms with Crippen LogP contribution in [-0.4, -0.2) is 16.6 Å². The number of hydrazine groups is 1. The van der Waals surface area contributed by atoms with Crippen LogP contribution in [0.25, 0.3) is 11.4 Å². The van der Waals surface area contributed by atoms with Gasteiger partial charge in [0.15, 0.2) is 5.82 Å². The second kappa shape index (κ2) is 5.67. The molecule has 1 aromatic carbocycles. The molecular weight excluding hydrogens is 240 g/mol. The van der Waals surface area contributed by atoms with Gasteiger partial charge in [0, 0.05) is 16.8 Å². The maximum atomic E-state index is 5.48. The van der Waals surface area contributed by atoms with Crippen molar-refractivity contribution >= 4 is 5.82 Å². The summed E-state index contributed by atoms with van der Waals surface area (Å²) in [6.45, 7) is 6.46. The van der Waals surface area contributed by atoms with Gasteiger partial charge in [-0.25, -0.2) is 15.8 Å². The minimum Gasteiger partial charge on any atom is -0.494 e. The summed E-state index contributed by atoms with van der Waals surface area (Å²) in [5.41, 5.74) is 5.37. The summed E-state index contributed by atoms with van der Waals surface area (Å²) in [5, 5.41) is 0. The van der Waals surface area contributed by atoms with Gasteiger partial charge in [-0.05, 0) is 32.9 Å². The van der Waals surface area contributed by atoms with E-state index in [1.807, 2.05) is 45.0 Å². The van der Waals surface area contributed by atoms with Gasteiger partial charge in [0.2, 0.25) is 0 Å². The van der Waals surface area contributed by atoms with E-state index in [9.17, 15) is 0 Å². The van der Waals surface area contributed by atoms with Gasteiger partial charge in [-0.2, -0.15) is 0 Å². The van der Waals surface area contributed by atoms with Crippen LogP contribution in [0.4, 0.5) is 5.82 Å². The van der Waals surface area contributed by atoms with Crippen molar-refractivity contribution in [3.05, 3.63) is 35.5 Å². The molecule has 1 heterocycles. The molecule has 0 aliphatic rings. The van der Waals surface area contributed by atoms with Crippen molar-refractivity contribution in [3.8, 4) is 17.1 Å². The standard InChI is InChI=1S/C14H18N4O/c1-4-19-12-7-5-6-11(8-12)14-16-10(3)9(2)13(17-14)18-15/h5-8H,4,15H2,1-3H3,(H,16,17,18). The molecule has 19 heavy (non-hydrogen) atoms. The molecule has 2 aromatic rings. The van der Waals surface area contributed by atoms with Gasteiger partial charge in [-0.1, -0.05) is 12.1 Å². The van der Waals surface area contributed by atoms with Crippen molar-refractivity contribution in [2.75, 3.05) is 12.0 Å². The summed E-state index contributed by atoms with van der Waals surface area (Å²) >= 11 is 0. The van der Waals surface area contributed by atoms with Gasteiger partial charge in [0.25, 0.3) is 0 Å². The fourth-order valence-electron chi connectivity index (χ4n) is 1.79. The predicted octanol–water partition coefficient (Wildman–Crippen LogP) is 2.44. The Balaban J connectivity index is 2.46. The third-order valence-electron chi connectivity index (χ3n) is 2.93. The Morgan fingerprint density at radius 1 is 1.26 bits per heavy atom. The SMILES string of the molecule is CCOc1cccc(-c2nc(C)c(C)c(NN)n2)c1. The van der Waals surface area contributed by atoms with Crippen molar-refractivity contribution in [2.45, 2.75) is 20.8 Å². The van der Waals surface area contributed by atoms with E-state index in [-0.39, 0.29) is 0 Å². The molecule has 2 rings (SSSR count). The second-order valence-corrected chi connectivity index (χ2v) is 4.21. The molecule has 3 N–H and O–H groups in total. The van der Waals surface area contributed by atoms with Gasteiger partial charge in [-0.3, -0.25) is 0 Å². The molecule has 0 saturated carbocycles. The number of benzene rings is 1. The topological polar surface area (TPSA) is 73.1 Å². The summed E-state index contributed by atoms with van der Waals surface area (Å²) in [7, 11) is 0. The lowest BCUT2D eigenvalue weighted by Crippen LogP contribution is -2.12. The van der Waals surface area contributed by atoms with Crippen LogP contribution in [0.5, 0.6) is 5.75 Å². The molecule has 0 aliphatic carbocycles. The molecule has 0 spiro atoms. The first kappa shape index (κ1) is 13.3. The third-order valence-corrected chi connectivity index (χ3v) is 2.93. The number of hydrogen-bond donors (Lipinski definition) is 2. The number of nitrogens with two attached hydrogens (primary N) is 1. The molecule has 0 aliphatic heterocycles. The number of nitrogen functional groups attached to an aromatic ring is 1. The van der Waals surface area contributed by atoms with E-state index in [2.05, 4.69) is 15.4 Å². The number of nitrogens with one attached hydrogen (secondary N) is 1. The van der Waals surface area contributed by atoms with Crippen molar-refractivity contribution in [1.82, 2.24) is 9.97 Å². The van der Waals surface area contributed by atoms with Crippen LogP contribution in [0.15, 0.2) is 24.3 Å². The lowest BCUT2D eigenvalue weighted by Gasteiger charge is -2.10. The first-order valence-electron chi connectivity index (χ1n) is 6.20. The molecule has 0 saturated heterocycles. The Morgan fingerprint density at radius 3 is 2.74 bits per heavy atom. The van der Waals surface area contributed by atoms with E-state index in [4.69, 9.17) is 10.6 Å². The van der Waals surface area contributed by atoms with Crippen LogP contribution in [-0.2, 0) is 0 Å². The molecule has 0 radical (unpaired) electrons. The van der Waals surface area contributed by atoms with Crippen molar-refractivity contribution in [1.29, 1.82) is 0 Å². The summed E-state index contributed by atoms with van der Waals surface area (Å²) < 4.78 is 5.48. The Hall–Kier alpha value is -2.14. The Morgan fingerprint density at radius 2 is 2.05 bits per heavy atom. The van der Waals surface area contributed by atoms with Crippen LogP contribution >= 0.6 is 0 Å². The number of aromatic nitrogens is 2. The fraction of sp³-hybridized carbons (Fsp3) is 0.286. The Bertz CT molecular complexity index is 584. The Labute approximate surface area is 112 Å². The molecule has 5 heteroatoms. The van der Waals surface area contributed by atoms with Crippen LogP contribution in [0.3, 0.4) is 0 Å². The summed E-state index contributed by atoms with van der Waals surface area (Å²) in [5.74, 6) is 7.57. The summed E-state index contributed by atoms with van der Waals surface area (Å²) in [6.07, 6.45) is 0. The van der Waals surface area contributed by atoms with Crippen LogP contribution in [0, 0.1) is 13.8 Å². The van der Waals surface area contributed by atoms with Gasteiger partial charge >= 0.3 is 0 Å². The zero-order valence-electron chi connectivity index (χ0n) is 11.4. The van der Waals surface area contributed by atoms with E-state index in [0.717, 1.165) is 22.6 Å². The Kier molecular flexibility index (Phi) is 3.97. The van der Waals surface area contributed by atoms with Crippen LogP contribution < -0.4 is 16.0 Å². The molecule has 1 aromatic heterocycles. The monoisotopic (exact) mass is 258 g/mol. The number of hydrogen-bond acceptors (Lipinski definition) is 5. The van der Waals surface area contributed by atoms with Crippen molar-refractivity contribution in [2.24, 2.45) is 5.84 Å². The highest BCUT2D eigenvalue weighted by molar-refractivity contribution is 5.61. The first-order valence-corrected chi connectivity index (χ1v) is 6.20. The lowest BCUT2D eigenvalue weighted by atomic mass is 10.1. The first-order chi connectivity index (χ1) is 9.15. The summed E-state index contributed by atoms with van der Waals surface area (Å²) in [4.78, 5) is 8.91. The average molecular weight is 258 g/mol. The third kappa shape index (κ3) is 2.82. The summed E-state index contributed by atoms with van der Waals surface area (Å²) in [6, 6.07) is 7.71. The van der Waals surface area contributed by atoms with Crippen molar-refractivity contribution in [3.63, 3.8) is 0 Å². The number of aryl methyl sites for hydroxylation is 1. The smallest absolute Gasteiger partial charge is 0.161 e. The maximum absolute atomic E-state index is 5.48. The van der Waals surface area contributed by atoms with E-state index in [0.29, 0.717) is 18.2 Å². The lowest BCUT2D eigenvalue weighted by molar-refractivity contribution is 0.340.